The van der Waals surface area contributed by atoms with Crippen LogP contribution in [0.1, 0.15) is 35.4 Å². The topological polar surface area (TPSA) is 57.6 Å². The molecular formula is C20H19NO3. The molecule has 0 aromatic heterocycles. The highest BCUT2D eigenvalue weighted by molar-refractivity contribution is 6.04. The van der Waals surface area contributed by atoms with Gasteiger partial charge in [0.2, 0.25) is 5.91 Å². The lowest BCUT2D eigenvalue weighted by Crippen LogP contribution is -2.44. The summed E-state index contributed by atoms with van der Waals surface area (Å²) in [4.78, 5) is 26.1. The van der Waals surface area contributed by atoms with Gasteiger partial charge in [-0.05, 0) is 29.5 Å². The molecule has 1 heterocycles. The van der Waals surface area contributed by atoms with Gasteiger partial charge in [-0.1, -0.05) is 54.6 Å². The van der Waals surface area contributed by atoms with E-state index in [-0.39, 0.29) is 11.8 Å². The highest BCUT2D eigenvalue weighted by atomic mass is 16.4. The molecule has 24 heavy (non-hydrogen) atoms. The minimum Gasteiger partial charge on any atom is -0.480 e. The number of hydrogen-bond donors (Lipinski definition) is 1. The summed E-state index contributed by atoms with van der Waals surface area (Å²) in [7, 11) is 0. The number of nitrogens with zero attached hydrogens (tertiary/aromatic N) is 1. The number of fused-ring (bicyclic) bond motifs is 1. The zero-order valence-corrected chi connectivity index (χ0v) is 13.3. The first-order chi connectivity index (χ1) is 11.6. The van der Waals surface area contributed by atoms with Crippen LogP contribution in [0.15, 0.2) is 54.6 Å². The van der Waals surface area contributed by atoms with Crippen molar-refractivity contribution in [3.63, 3.8) is 0 Å². The fourth-order valence-corrected chi connectivity index (χ4v) is 3.68. The Kier molecular flexibility index (Phi) is 3.41. The predicted molar refractivity (Wildman–Crippen MR) is 89.4 cm³/mol. The van der Waals surface area contributed by atoms with Crippen LogP contribution < -0.4 is 0 Å². The highest BCUT2D eigenvalue weighted by Crippen LogP contribution is 2.48. The second kappa shape index (κ2) is 5.48. The molecule has 1 saturated carbocycles. The summed E-state index contributed by atoms with van der Waals surface area (Å²) in [5.41, 5.74) is 2.32. The van der Waals surface area contributed by atoms with Crippen LogP contribution in [0.3, 0.4) is 0 Å². The van der Waals surface area contributed by atoms with Gasteiger partial charge in [0.05, 0.1) is 0 Å². The van der Waals surface area contributed by atoms with Gasteiger partial charge in [0.25, 0.3) is 0 Å². The number of carboxylic acid groups (broad SMARTS) is 1. The predicted octanol–water partition coefficient (Wildman–Crippen LogP) is 3.03. The summed E-state index contributed by atoms with van der Waals surface area (Å²) < 4.78 is 0. The molecule has 0 saturated heterocycles. The van der Waals surface area contributed by atoms with Crippen LogP contribution in [0.5, 0.6) is 0 Å². The molecule has 0 spiro atoms. The fraction of sp³-hybridized carbons (Fsp3) is 0.300. The lowest BCUT2D eigenvalue weighted by atomic mass is 9.84. The second-order valence-electron chi connectivity index (χ2n) is 6.74. The van der Waals surface area contributed by atoms with E-state index in [2.05, 4.69) is 18.2 Å². The van der Waals surface area contributed by atoms with Gasteiger partial charge >= 0.3 is 5.97 Å². The first-order valence-electron chi connectivity index (χ1n) is 8.27. The van der Waals surface area contributed by atoms with Gasteiger partial charge < -0.3 is 10.0 Å². The van der Waals surface area contributed by atoms with Gasteiger partial charge in [-0.2, -0.15) is 0 Å². The van der Waals surface area contributed by atoms with Crippen molar-refractivity contribution in [1.82, 2.24) is 4.90 Å². The maximum absolute atomic E-state index is 12.9. The van der Waals surface area contributed by atoms with Crippen molar-refractivity contribution in [2.45, 2.75) is 25.3 Å². The van der Waals surface area contributed by atoms with E-state index in [0.717, 1.165) is 11.1 Å². The molecule has 1 atom stereocenters. The lowest BCUT2D eigenvalue weighted by Gasteiger charge is -2.36. The van der Waals surface area contributed by atoms with Crippen LogP contribution in [0.4, 0.5) is 0 Å². The van der Waals surface area contributed by atoms with Crippen molar-refractivity contribution in [3.8, 4) is 0 Å². The molecule has 0 radical (unpaired) electrons. The van der Waals surface area contributed by atoms with Gasteiger partial charge in [-0.3, -0.25) is 9.59 Å². The molecule has 1 aliphatic carbocycles. The summed E-state index contributed by atoms with van der Waals surface area (Å²) in [6.45, 7) is 1.03. The summed E-state index contributed by atoms with van der Waals surface area (Å²) in [6.07, 6.45) is 0.907. The third kappa shape index (κ3) is 2.30. The first-order valence-corrected chi connectivity index (χ1v) is 8.27. The van der Waals surface area contributed by atoms with E-state index in [9.17, 15) is 14.7 Å². The van der Waals surface area contributed by atoms with Crippen LogP contribution in [0.25, 0.3) is 0 Å². The third-order valence-corrected chi connectivity index (χ3v) is 5.25. The first kappa shape index (κ1) is 14.9. The van der Waals surface area contributed by atoms with E-state index in [1.807, 2.05) is 36.4 Å². The Hall–Kier alpha value is -2.62. The van der Waals surface area contributed by atoms with Gasteiger partial charge in [-0.25, -0.2) is 0 Å². The van der Waals surface area contributed by atoms with Crippen LogP contribution in [-0.2, 0) is 16.1 Å². The Morgan fingerprint density at radius 2 is 1.67 bits per heavy atom. The number of rotatable bonds is 3. The fourth-order valence-electron chi connectivity index (χ4n) is 3.68. The Morgan fingerprint density at radius 3 is 2.33 bits per heavy atom. The van der Waals surface area contributed by atoms with Crippen molar-refractivity contribution in [1.29, 1.82) is 0 Å². The number of amides is 1. The minimum atomic E-state index is -1.17. The Bertz CT molecular complexity index is 796. The largest absolute Gasteiger partial charge is 0.480 e. The second-order valence-corrected chi connectivity index (χ2v) is 6.74. The van der Waals surface area contributed by atoms with Crippen molar-refractivity contribution in [3.05, 3.63) is 71.3 Å². The quantitative estimate of drug-likeness (QED) is 0.884. The normalized spacial score (nSPS) is 21.0. The molecule has 1 N–H and O–H groups in total. The molecule has 0 unspecified atom stereocenters. The zero-order valence-electron chi connectivity index (χ0n) is 13.3. The summed E-state index contributed by atoms with van der Waals surface area (Å²) >= 11 is 0. The van der Waals surface area contributed by atoms with Crippen molar-refractivity contribution >= 4 is 11.9 Å². The molecule has 2 aromatic rings. The number of benzene rings is 2. The SMILES string of the molecule is O=C(O)C1(C(=O)N2Cc3ccccc3[C@@H](c3ccccc3)C2)CC1. The molecule has 2 aromatic carbocycles. The van der Waals surface area contributed by atoms with E-state index >= 15 is 0 Å². The number of hydrogen-bond acceptors (Lipinski definition) is 2. The van der Waals surface area contributed by atoms with Crippen molar-refractivity contribution in [2.75, 3.05) is 6.54 Å². The van der Waals surface area contributed by atoms with Crippen LogP contribution in [-0.4, -0.2) is 28.4 Å². The molecular weight excluding hydrogens is 302 g/mol. The molecule has 4 heteroatoms. The van der Waals surface area contributed by atoms with E-state index in [1.54, 1.807) is 4.90 Å². The van der Waals surface area contributed by atoms with Gasteiger partial charge in [-0.15, -0.1) is 0 Å². The molecule has 2 aliphatic rings. The molecule has 1 aliphatic heterocycles. The Balaban J connectivity index is 1.71. The molecule has 0 bridgehead atoms. The minimum absolute atomic E-state index is 0.0877. The standard InChI is InChI=1S/C20H19NO3/c22-18(20(10-11-20)19(23)24)21-12-15-8-4-5-9-16(15)17(13-21)14-6-2-1-3-7-14/h1-9,17H,10-13H2,(H,23,24)/t17-/m1/s1. The van der Waals surface area contributed by atoms with Crippen molar-refractivity contribution < 1.29 is 14.7 Å². The number of aliphatic carboxylic acids is 1. The van der Waals surface area contributed by atoms with E-state index in [0.29, 0.717) is 25.9 Å². The summed E-state index contributed by atoms with van der Waals surface area (Å²) in [6, 6.07) is 18.2. The smallest absolute Gasteiger partial charge is 0.319 e. The van der Waals surface area contributed by atoms with Crippen LogP contribution in [0.2, 0.25) is 0 Å². The van der Waals surface area contributed by atoms with Gasteiger partial charge in [0, 0.05) is 19.0 Å². The average molecular weight is 321 g/mol. The number of carbonyl (C=O) groups excluding carboxylic acids is 1. The maximum Gasteiger partial charge on any atom is 0.319 e. The number of carboxylic acids is 1. The Morgan fingerprint density at radius 1 is 1.00 bits per heavy atom. The van der Waals surface area contributed by atoms with E-state index < -0.39 is 11.4 Å². The zero-order chi connectivity index (χ0) is 16.7. The third-order valence-electron chi connectivity index (χ3n) is 5.25. The number of carbonyl (C=O) groups is 2. The molecule has 122 valence electrons. The summed E-state index contributed by atoms with van der Waals surface area (Å²) in [5.74, 6) is -1.13. The molecule has 4 nitrogen and oxygen atoms in total. The monoisotopic (exact) mass is 321 g/mol. The molecule has 1 fully saturated rings. The average Bonchev–Trinajstić information content (AvgIpc) is 3.43. The van der Waals surface area contributed by atoms with Crippen LogP contribution >= 0.6 is 0 Å². The molecule has 1 amide bonds. The van der Waals surface area contributed by atoms with Gasteiger partial charge in [0.15, 0.2) is 0 Å². The highest BCUT2D eigenvalue weighted by Gasteiger charge is 2.59. The van der Waals surface area contributed by atoms with E-state index in [1.165, 1.54) is 5.56 Å². The van der Waals surface area contributed by atoms with Crippen LogP contribution in [0, 0.1) is 5.41 Å². The Labute approximate surface area is 140 Å². The molecule has 4 rings (SSSR count). The maximum atomic E-state index is 12.9. The lowest BCUT2D eigenvalue weighted by molar-refractivity contribution is -0.154. The van der Waals surface area contributed by atoms with Crippen molar-refractivity contribution in [2.24, 2.45) is 5.41 Å². The van der Waals surface area contributed by atoms with E-state index in [4.69, 9.17) is 0 Å². The summed E-state index contributed by atoms with van der Waals surface area (Å²) in [5, 5.41) is 9.44. The van der Waals surface area contributed by atoms with Gasteiger partial charge in [0.1, 0.15) is 5.41 Å².